The number of aliphatic carboxylic acids is 1. The van der Waals surface area contributed by atoms with Gasteiger partial charge in [0, 0.05) is 24.2 Å². The average Bonchev–Trinajstić information content (AvgIpc) is 3.11. The predicted molar refractivity (Wildman–Crippen MR) is 90.4 cm³/mol. The molecule has 0 bridgehead atoms. The maximum Gasteiger partial charge on any atom is 0.306 e. The normalized spacial score (nSPS) is 15.2. The van der Waals surface area contributed by atoms with Crippen molar-refractivity contribution in [1.29, 1.82) is 0 Å². The molecule has 1 fully saturated rings. The second kappa shape index (κ2) is 6.93. The molecule has 1 aliphatic heterocycles. The zero-order chi connectivity index (χ0) is 18.0. The highest BCUT2D eigenvalue weighted by molar-refractivity contribution is 5.94. The second-order valence-electron chi connectivity index (χ2n) is 6.20. The van der Waals surface area contributed by atoms with Crippen LogP contribution in [0.3, 0.4) is 0 Å². The quantitative estimate of drug-likeness (QED) is 0.864. The first-order valence-corrected chi connectivity index (χ1v) is 8.19. The first kappa shape index (κ1) is 17.0. The van der Waals surface area contributed by atoms with Gasteiger partial charge in [0.25, 0.3) is 5.91 Å². The van der Waals surface area contributed by atoms with Crippen molar-refractivity contribution in [3.8, 4) is 11.3 Å². The molecule has 6 heteroatoms. The molecule has 2 aromatic rings. The molecule has 0 aliphatic carbocycles. The first-order valence-electron chi connectivity index (χ1n) is 8.19. The van der Waals surface area contributed by atoms with Crippen LogP contribution in [0, 0.1) is 5.92 Å². The lowest BCUT2D eigenvalue weighted by Crippen LogP contribution is -2.40. The van der Waals surface area contributed by atoms with Crippen LogP contribution in [-0.2, 0) is 4.79 Å². The van der Waals surface area contributed by atoms with Crippen molar-refractivity contribution in [2.24, 2.45) is 5.92 Å². The van der Waals surface area contributed by atoms with E-state index in [0.29, 0.717) is 37.3 Å². The number of carbonyl (C=O) groups is 3. The molecule has 1 N–H and O–H groups in total. The highest BCUT2D eigenvalue weighted by Crippen LogP contribution is 2.25. The van der Waals surface area contributed by atoms with E-state index in [2.05, 4.69) is 0 Å². The van der Waals surface area contributed by atoms with Crippen molar-refractivity contribution in [2.75, 3.05) is 13.1 Å². The Labute approximate surface area is 145 Å². The summed E-state index contributed by atoms with van der Waals surface area (Å²) in [5.74, 6) is -0.627. The number of ketones is 1. The van der Waals surface area contributed by atoms with E-state index in [1.54, 1.807) is 41.3 Å². The Balaban J connectivity index is 1.70. The van der Waals surface area contributed by atoms with Crippen LogP contribution in [0.5, 0.6) is 0 Å². The fourth-order valence-corrected chi connectivity index (χ4v) is 2.96. The van der Waals surface area contributed by atoms with Gasteiger partial charge in [0.15, 0.2) is 11.5 Å². The lowest BCUT2D eigenvalue weighted by molar-refractivity contribution is -0.143. The summed E-state index contributed by atoms with van der Waals surface area (Å²) in [5.41, 5.74) is 1.40. The number of likely N-dealkylation sites (tertiary alicyclic amines) is 1. The molecule has 1 aromatic heterocycles. The topological polar surface area (TPSA) is 87.8 Å². The van der Waals surface area contributed by atoms with Crippen LogP contribution in [0.25, 0.3) is 11.3 Å². The molecule has 130 valence electrons. The van der Waals surface area contributed by atoms with Crippen molar-refractivity contribution in [2.45, 2.75) is 19.8 Å². The van der Waals surface area contributed by atoms with Crippen LogP contribution in [0.2, 0.25) is 0 Å². The Morgan fingerprint density at radius 3 is 2.24 bits per heavy atom. The average molecular weight is 341 g/mol. The third kappa shape index (κ3) is 3.63. The van der Waals surface area contributed by atoms with Crippen LogP contribution >= 0.6 is 0 Å². The van der Waals surface area contributed by atoms with Crippen molar-refractivity contribution >= 4 is 17.7 Å². The summed E-state index contributed by atoms with van der Waals surface area (Å²) in [7, 11) is 0. The molecule has 0 saturated carbocycles. The standard InChI is InChI=1S/C19H19NO5/c1-12(21)13-2-4-14(5-3-13)16-6-7-17(25-16)18(22)20-10-8-15(9-11-20)19(23)24/h2-7,15H,8-11H2,1H3,(H,23,24). The lowest BCUT2D eigenvalue weighted by atomic mass is 9.97. The number of Topliss-reactive ketones (excluding diaryl/α,β-unsaturated/α-hetero) is 1. The number of hydrogen-bond acceptors (Lipinski definition) is 4. The van der Waals surface area contributed by atoms with Gasteiger partial charge in [0.2, 0.25) is 0 Å². The van der Waals surface area contributed by atoms with Gasteiger partial charge in [-0.15, -0.1) is 0 Å². The molecule has 1 aromatic carbocycles. The molecule has 0 spiro atoms. The third-order valence-corrected chi connectivity index (χ3v) is 4.52. The highest BCUT2D eigenvalue weighted by atomic mass is 16.4. The summed E-state index contributed by atoms with van der Waals surface area (Å²) in [6.45, 7) is 2.34. The Kier molecular flexibility index (Phi) is 4.70. The van der Waals surface area contributed by atoms with Gasteiger partial charge in [-0.05, 0) is 31.9 Å². The largest absolute Gasteiger partial charge is 0.481 e. The van der Waals surface area contributed by atoms with E-state index in [0.717, 1.165) is 5.56 Å². The minimum atomic E-state index is -0.804. The fraction of sp³-hybridized carbons (Fsp3) is 0.316. The number of piperidine rings is 1. The lowest BCUT2D eigenvalue weighted by Gasteiger charge is -2.29. The Hall–Kier alpha value is -2.89. The van der Waals surface area contributed by atoms with Crippen molar-refractivity contribution in [1.82, 2.24) is 4.90 Å². The van der Waals surface area contributed by atoms with Gasteiger partial charge >= 0.3 is 5.97 Å². The molecule has 25 heavy (non-hydrogen) atoms. The van der Waals surface area contributed by atoms with Crippen LogP contribution < -0.4 is 0 Å². The van der Waals surface area contributed by atoms with Crippen molar-refractivity contribution < 1.29 is 23.9 Å². The van der Waals surface area contributed by atoms with Crippen LogP contribution in [0.4, 0.5) is 0 Å². The maximum absolute atomic E-state index is 12.5. The zero-order valence-electron chi connectivity index (χ0n) is 13.9. The molecule has 1 amide bonds. The fourth-order valence-electron chi connectivity index (χ4n) is 2.96. The van der Waals surface area contributed by atoms with Gasteiger partial charge < -0.3 is 14.4 Å². The van der Waals surface area contributed by atoms with E-state index >= 15 is 0 Å². The maximum atomic E-state index is 12.5. The second-order valence-corrected chi connectivity index (χ2v) is 6.20. The SMILES string of the molecule is CC(=O)c1ccc(-c2ccc(C(=O)N3CCC(C(=O)O)CC3)o2)cc1. The van der Waals surface area contributed by atoms with Crippen molar-refractivity contribution in [3.63, 3.8) is 0 Å². The zero-order valence-corrected chi connectivity index (χ0v) is 13.9. The Bertz CT molecular complexity index is 797. The van der Waals surface area contributed by atoms with E-state index in [4.69, 9.17) is 9.52 Å². The van der Waals surface area contributed by atoms with Gasteiger partial charge in [-0.1, -0.05) is 24.3 Å². The highest BCUT2D eigenvalue weighted by Gasteiger charge is 2.28. The van der Waals surface area contributed by atoms with E-state index in [1.165, 1.54) is 6.92 Å². The Morgan fingerprint density at radius 2 is 1.68 bits per heavy atom. The van der Waals surface area contributed by atoms with Gasteiger partial charge in [0.1, 0.15) is 5.76 Å². The van der Waals surface area contributed by atoms with Crippen LogP contribution in [0.15, 0.2) is 40.8 Å². The molecule has 0 unspecified atom stereocenters. The number of nitrogens with zero attached hydrogens (tertiary/aromatic N) is 1. The number of carbonyl (C=O) groups excluding carboxylic acids is 2. The predicted octanol–water partition coefficient (Wildman–Crippen LogP) is 3.09. The monoisotopic (exact) mass is 341 g/mol. The summed E-state index contributed by atoms with van der Waals surface area (Å²) in [4.78, 5) is 36.4. The number of rotatable bonds is 4. The summed E-state index contributed by atoms with van der Waals surface area (Å²) in [5, 5.41) is 9.02. The Morgan fingerprint density at radius 1 is 1.04 bits per heavy atom. The van der Waals surface area contributed by atoms with Gasteiger partial charge in [-0.3, -0.25) is 14.4 Å². The molecular weight excluding hydrogens is 322 g/mol. The van der Waals surface area contributed by atoms with Gasteiger partial charge in [0.05, 0.1) is 5.92 Å². The molecule has 1 saturated heterocycles. The summed E-state index contributed by atoms with van der Waals surface area (Å²) >= 11 is 0. The summed E-state index contributed by atoms with van der Waals surface area (Å²) < 4.78 is 5.67. The molecule has 6 nitrogen and oxygen atoms in total. The van der Waals surface area contributed by atoms with E-state index in [1.807, 2.05) is 0 Å². The minimum absolute atomic E-state index is 0.00775. The van der Waals surface area contributed by atoms with Crippen LogP contribution in [-0.4, -0.2) is 40.8 Å². The van der Waals surface area contributed by atoms with Gasteiger partial charge in [-0.25, -0.2) is 0 Å². The molecular formula is C19H19NO5. The van der Waals surface area contributed by atoms with E-state index in [-0.39, 0.29) is 23.4 Å². The molecule has 2 heterocycles. The number of benzene rings is 1. The molecule has 3 rings (SSSR count). The van der Waals surface area contributed by atoms with E-state index in [9.17, 15) is 14.4 Å². The van der Waals surface area contributed by atoms with Crippen LogP contribution in [0.1, 0.15) is 40.7 Å². The minimum Gasteiger partial charge on any atom is -0.481 e. The third-order valence-electron chi connectivity index (χ3n) is 4.52. The van der Waals surface area contributed by atoms with Gasteiger partial charge in [-0.2, -0.15) is 0 Å². The summed E-state index contributed by atoms with van der Waals surface area (Å²) in [6.07, 6.45) is 0.919. The summed E-state index contributed by atoms with van der Waals surface area (Å²) in [6, 6.07) is 10.3. The number of hydrogen-bond donors (Lipinski definition) is 1. The molecule has 0 radical (unpaired) electrons. The molecule has 0 atom stereocenters. The number of furan rings is 1. The first-order chi connectivity index (χ1) is 12.0. The number of carboxylic acid groups (broad SMARTS) is 1. The van der Waals surface area contributed by atoms with E-state index < -0.39 is 5.97 Å². The number of carboxylic acids is 1. The smallest absolute Gasteiger partial charge is 0.306 e. The van der Waals surface area contributed by atoms with Crippen molar-refractivity contribution in [3.05, 3.63) is 47.7 Å². The molecule has 1 aliphatic rings. The number of amides is 1.